The number of amides is 1. The van der Waals surface area contributed by atoms with Gasteiger partial charge >= 0.3 is 0 Å². The molecule has 0 saturated carbocycles. The van der Waals surface area contributed by atoms with E-state index in [0.717, 1.165) is 0 Å². The Kier molecular flexibility index (Phi) is 3.92. The first-order chi connectivity index (χ1) is 7.77. The lowest BCUT2D eigenvalue weighted by Crippen LogP contribution is -2.26. The summed E-state index contributed by atoms with van der Waals surface area (Å²) in [5, 5.41) is -1.57. The summed E-state index contributed by atoms with van der Waals surface area (Å²) < 4.78 is 64.3. The molecule has 0 aliphatic carbocycles. The molecule has 8 heteroatoms. The first kappa shape index (κ1) is 13.7. The predicted molar refractivity (Wildman–Crippen MR) is 48.8 cm³/mol. The van der Waals surface area contributed by atoms with Crippen LogP contribution in [0.5, 0.6) is 0 Å². The number of rotatable bonds is 3. The summed E-state index contributed by atoms with van der Waals surface area (Å²) in [4.78, 5) is 10.5. The van der Waals surface area contributed by atoms with Crippen LogP contribution in [0, 0.1) is 29.1 Å². The second kappa shape index (κ2) is 4.87. The van der Waals surface area contributed by atoms with Crippen LogP contribution in [0.25, 0.3) is 0 Å². The molecule has 1 unspecified atom stereocenters. The Hall–Kier alpha value is -1.37. The third-order valence-electron chi connectivity index (χ3n) is 1.99. The number of primary amides is 1. The normalized spacial score (nSPS) is 12.6. The topological polar surface area (TPSA) is 43.1 Å². The summed E-state index contributed by atoms with van der Waals surface area (Å²) in [5.41, 5.74) is 3.55. The summed E-state index contributed by atoms with van der Waals surface area (Å²) in [6.07, 6.45) is -0.886. The molecule has 0 aliphatic rings. The molecule has 94 valence electrons. The second-order valence-corrected chi connectivity index (χ2v) is 3.65. The van der Waals surface area contributed by atoms with Gasteiger partial charge < -0.3 is 5.73 Å². The first-order valence-electron chi connectivity index (χ1n) is 4.21. The molecule has 1 atom stereocenters. The number of hydrogen-bond acceptors (Lipinski definition) is 1. The predicted octanol–water partition coefficient (Wildman–Crippen LogP) is 2.02. The average Bonchev–Trinajstić information content (AvgIpc) is 2.29. The highest BCUT2D eigenvalue weighted by Gasteiger charge is 2.27. The molecule has 1 aromatic carbocycles. The Balaban J connectivity index is 3.30. The van der Waals surface area contributed by atoms with E-state index in [1.807, 2.05) is 0 Å². The fourth-order valence-electron chi connectivity index (χ4n) is 1.11. The summed E-state index contributed by atoms with van der Waals surface area (Å²) >= 11 is 5.29. The number of benzene rings is 1. The highest BCUT2D eigenvalue weighted by Crippen LogP contribution is 2.24. The quantitative estimate of drug-likeness (QED) is 0.389. The van der Waals surface area contributed by atoms with Crippen LogP contribution in [0.4, 0.5) is 22.0 Å². The van der Waals surface area contributed by atoms with Crippen LogP contribution < -0.4 is 5.73 Å². The number of alkyl halides is 1. The molecule has 0 fully saturated rings. The van der Waals surface area contributed by atoms with E-state index in [1.54, 1.807) is 0 Å². The van der Waals surface area contributed by atoms with E-state index >= 15 is 0 Å². The number of carbonyl (C=O) groups excluding carboxylic acids is 1. The van der Waals surface area contributed by atoms with E-state index in [4.69, 9.17) is 17.3 Å². The molecule has 0 aromatic heterocycles. The Morgan fingerprint density at radius 2 is 1.35 bits per heavy atom. The van der Waals surface area contributed by atoms with Crippen LogP contribution in [0.15, 0.2) is 0 Å². The molecule has 2 nitrogen and oxygen atoms in total. The van der Waals surface area contributed by atoms with E-state index in [9.17, 15) is 26.7 Å². The van der Waals surface area contributed by atoms with E-state index in [1.165, 1.54) is 0 Å². The molecule has 1 rings (SSSR count). The third-order valence-corrected chi connectivity index (χ3v) is 2.36. The van der Waals surface area contributed by atoms with Crippen LogP contribution in [0.2, 0.25) is 0 Å². The largest absolute Gasteiger partial charge is 0.368 e. The fourth-order valence-corrected chi connectivity index (χ4v) is 1.26. The zero-order chi connectivity index (χ0) is 13.3. The Labute approximate surface area is 97.2 Å². The van der Waals surface area contributed by atoms with Gasteiger partial charge in [0.1, 0.15) is 5.38 Å². The third kappa shape index (κ3) is 2.49. The lowest BCUT2D eigenvalue weighted by molar-refractivity contribution is -0.117. The van der Waals surface area contributed by atoms with Gasteiger partial charge in [0.2, 0.25) is 11.7 Å². The van der Waals surface area contributed by atoms with Crippen molar-refractivity contribution >= 4 is 17.5 Å². The summed E-state index contributed by atoms with van der Waals surface area (Å²) in [7, 11) is 0. The zero-order valence-electron chi connectivity index (χ0n) is 8.04. The molecule has 1 aromatic rings. The molecular weight excluding hydrogens is 269 g/mol. The fraction of sp³-hybridized carbons (Fsp3) is 0.222. The first-order valence-corrected chi connectivity index (χ1v) is 4.64. The molecule has 1 amide bonds. The van der Waals surface area contributed by atoms with E-state index < -0.39 is 52.4 Å². The van der Waals surface area contributed by atoms with Gasteiger partial charge in [-0.2, -0.15) is 0 Å². The van der Waals surface area contributed by atoms with Gasteiger partial charge in [0, 0.05) is 12.0 Å². The molecule has 0 bridgehead atoms. The van der Waals surface area contributed by atoms with Crippen molar-refractivity contribution in [2.24, 2.45) is 5.73 Å². The van der Waals surface area contributed by atoms with E-state index in [0.29, 0.717) is 0 Å². The van der Waals surface area contributed by atoms with Crippen molar-refractivity contribution in [3.8, 4) is 0 Å². The second-order valence-electron chi connectivity index (χ2n) is 3.12. The van der Waals surface area contributed by atoms with Gasteiger partial charge in [-0.25, -0.2) is 22.0 Å². The maximum Gasteiger partial charge on any atom is 0.235 e. The number of halogens is 6. The van der Waals surface area contributed by atoms with Crippen LogP contribution in [0.1, 0.15) is 5.56 Å². The molecule has 0 heterocycles. The van der Waals surface area contributed by atoms with Crippen molar-refractivity contribution in [3.05, 3.63) is 34.6 Å². The SMILES string of the molecule is NC(=O)C(Cl)Cc1c(F)c(F)c(F)c(F)c1F. The molecule has 0 aliphatic heterocycles. The highest BCUT2D eigenvalue weighted by atomic mass is 35.5. The Bertz CT molecular complexity index is 450. The standard InChI is InChI=1S/C9H5ClF5NO/c10-3(9(16)17)1-2-4(11)6(13)8(15)7(14)5(2)12/h3H,1H2,(H2,16,17). The van der Waals surface area contributed by atoms with Gasteiger partial charge in [-0.05, 0) is 0 Å². The number of hydrogen-bond donors (Lipinski definition) is 1. The summed E-state index contributed by atoms with van der Waals surface area (Å²) in [5.74, 6) is -11.6. The number of carbonyl (C=O) groups is 1. The molecular formula is C9H5ClF5NO. The molecule has 0 spiro atoms. The van der Waals surface area contributed by atoms with Crippen LogP contribution in [0.3, 0.4) is 0 Å². The van der Waals surface area contributed by atoms with Gasteiger partial charge in [-0.3, -0.25) is 4.79 Å². The maximum atomic E-state index is 13.1. The van der Waals surface area contributed by atoms with Crippen molar-refractivity contribution in [2.75, 3.05) is 0 Å². The molecule has 17 heavy (non-hydrogen) atoms. The van der Waals surface area contributed by atoms with E-state index in [2.05, 4.69) is 0 Å². The van der Waals surface area contributed by atoms with Gasteiger partial charge in [-0.1, -0.05) is 0 Å². The van der Waals surface area contributed by atoms with Gasteiger partial charge in [0.25, 0.3) is 0 Å². The Morgan fingerprint density at radius 3 is 1.71 bits per heavy atom. The minimum absolute atomic E-state index is 0.886. The van der Waals surface area contributed by atoms with Crippen molar-refractivity contribution < 1.29 is 26.7 Å². The summed E-state index contributed by atoms with van der Waals surface area (Å²) in [6.45, 7) is 0. The van der Waals surface area contributed by atoms with Crippen molar-refractivity contribution in [1.82, 2.24) is 0 Å². The van der Waals surface area contributed by atoms with E-state index in [-0.39, 0.29) is 0 Å². The van der Waals surface area contributed by atoms with Crippen molar-refractivity contribution in [3.63, 3.8) is 0 Å². The minimum Gasteiger partial charge on any atom is -0.368 e. The number of nitrogens with two attached hydrogens (primary N) is 1. The van der Waals surface area contributed by atoms with Crippen molar-refractivity contribution in [2.45, 2.75) is 11.8 Å². The lowest BCUT2D eigenvalue weighted by Gasteiger charge is -2.09. The van der Waals surface area contributed by atoms with Crippen LogP contribution in [-0.2, 0) is 11.2 Å². The smallest absolute Gasteiger partial charge is 0.235 e. The molecule has 0 saturated heterocycles. The van der Waals surface area contributed by atoms with Gasteiger partial charge in [-0.15, -0.1) is 11.6 Å². The molecule has 2 N–H and O–H groups in total. The minimum atomic E-state index is -2.27. The zero-order valence-corrected chi connectivity index (χ0v) is 8.79. The lowest BCUT2D eigenvalue weighted by atomic mass is 10.1. The van der Waals surface area contributed by atoms with Gasteiger partial charge in [0.05, 0.1) is 0 Å². The van der Waals surface area contributed by atoms with Gasteiger partial charge in [0.15, 0.2) is 23.3 Å². The average molecular weight is 274 g/mol. The van der Waals surface area contributed by atoms with Crippen LogP contribution in [-0.4, -0.2) is 11.3 Å². The molecule has 0 radical (unpaired) electrons. The monoisotopic (exact) mass is 273 g/mol. The maximum absolute atomic E-state index is 13.1. The summed E-state index contributed by atoms with van der Waals surface area (Å²) in [6, 6.07) is 0. The highest BCUT2D eigenvalue weighted by molar-refractivity contribution is 6.30. The Morgan fingerprint density at radius 1 is 1.00 bits per heavy atom. The van der Waals surface area contributed by atoms with Crippen LogP contribution >= 0.6 is 11.6 Å². The van der Waals surface area contributed by atoms with Crippen molar-refractivity contribution in [1.29, 1.82) is 0 Å².